The van der Waals surface area contributed by atoms with Gasteiger partial charge in [0, 0.05) is 12.2 Å². The molecule has 0 aliphatic carbocycles. The number of anilines is 1. The highest BCUT2D eigenvalue weighted by Gasteiger charge is 2.00. The molecule has 0 aliphatic heterocycles. The number of fused-ring (bicyclic) bond motifs is 1. The summed E-state index contributed by atoms with van der Waals surface area (Å²) < 4.78 is 4.86. The van der Waals surface area contributed by atoms with E-state index in [4.69, 9.17) is 4.42 Å². The first-order valence-electron chi connectivity index (χ1n) is 4.16. The van der Waals surface area contributed by atoms with Crippen molar-refractivity contribution in [1.29, 1.82) is 0 Å². The molecule has 1 aromatic heterocycles. The van der Waals surface area contributed by atoms with Crippen LogP contribution in [0.15, 0.2) is 27.4 Å². The number of H-pyrrole nitrogens is 1. The van der Waals surface area contributed by atoms with Crippen molar-refractivity contribution < 1.29 is 4.42 Å². The fraction of sp³-hybridized carbons (Fsp3) is 0.222. The van der Waals surface area contributed by atoms with Crippen LogP contribution in [-0.4, -0.2) is 11.5 Å². The highest BCUT2D eigenvalue weighted by atomic mass is 16.4. The van der Waals surface area contributed by atoms with Gasteiger partial charge in [-0.05, 0) is 25.1 Å². The van der Waals surface area contributed by atoms with E-state index in [1.807, 2.05) is 19.1 Å². The molecular formula is C9H10N2O2. The highest BCUT2D eigenvalue weighted by molar-refractivity contribution is 5.76. The van der Waals surface area contributed by atoms with Crippen LogP contribution in [0.5, 0.6) is 0 Å². The Kier molecular flexibility index (Phi) is 1.81. The molecule has 0 fully saturated rings. The van der Waals surface area contributed by atoms with Crippen LogP contribution in [0.4, 0.5) is 5.69 Å². The Hall–Kier alpha value is -1.71. The van der Waals surface area contributed by atoms with Crippen LogP contribution in [0.3, 0.4) is 0 Å². The third-order valence-electron chi connectivity index (χ3n) is 1.80. The van der Waals surface area contributed by atoms with Gasteiger partial charge in [0.15, 0.2) is 5.58 Å². The summed E-state index contributed by atoms with van der Waals surface area (Å²) >= 11 is 0. The van der Waals surface area contributed by atoms with Gasteiger partial charge in [0.1, 0.15) is 0 Å². The Labute approximate surface area is 74.6 Å². The minimum atomic E-state index is -0.413. The SMILES string of the molecule is CCNc1ccc2oc(=O)[nH]c2c1. The predicted molar refractivity (Wildman–Crippen MR) is 51.0 cm³/mol. The molecule has 0 radical (unpaired) electrons. The topological polar surface area (TPSA) is 58.0 Å². The second kappa shape index (κ2) is 2.97. The molecule has 0 atom stereocenters. The second-order valence-corrected chi connectivity index (χ2v) is 2.76. The lowest BCUT2D eigenvalue weighted by Crippen LogP contribution is -1.96. The van der Waals surface area contributed by atoms with E-state index < -0.39 is 5.76 Å². The van der Waals surface area contributed by atoms with Crippen molar-refractivity contribution >= 4 is 16.8 Å². The van der Waals surface area contributed by atoms with Gasteiger partial charge < -0.3 is 9.73 Å². The van der Waals surface area contributed by atoms with Gasteiger partial charge in [-0.15, -0.1) is 0 Å². The molecule has 0 spiro atoms. The van der Waals surface area contributed by atoms with E-state index >= 15 is 0 Å². The summed E-state index contributed by atoms with van der Waals surface area (Å²) in [6.07, 6.45) is 0. The summed E-state index contributed by atoms with van der Waals surface area (Å²) in [5, 5.41) is 3.15. The van der Waals surface area contributed by atoms with Gasteiger partial charge in [0.2, 0.25) is 0 Å². The Balaban J connectivity index is 2.54. The van der Waals surface area contributed by atoms with Gasteiger partial charge in [0.25, 0.3) is 0 Å². The van der Waals surface area contributed by atoms with Gasteiger partial charge in [-0.25, -0.2) is 4.79 Å². The summed E-state index contributed by atoms with van der Waals surface area (Å²) in [7, 11) is 0. The number of hydrogen-bond donors (Lipinski definition) is 2. The second-order valence-electron chi connectivity index (χ2n) is 2.76. The first kappa shape index (κ1) is 7.91. The summed E-state index contributed by atoms with van der Waals surface area (Å²) in [5.74, 6) is -0.413. The lowest BCUT2D eigenvalue weighted by atomic mass is 10.3. The average Bonchev–Trinajstić information content (AvgIpc) is 2.44. The van der Waals surface area contributed by atoms with Crippen molar-refractivity contribution in [2.24, 2.45) is 0 Å². The van der Waals surface area contributed by atoms with E-state index in [-0.39, 0.29) is 0 Å². The third-order valence-corrected chi connectivity index (χ3v) is 1.80. The monoisotopic (exact) mass is 178 g/mol. The molecule has 1 heterocycles. The summed E-state index contributed by atoms with van der Waals surface area (Å²) in [6, 6.07) is 5.50. The highest BCUT2D eigenvalue weighted by Crippen LogP contribution is 2.15. The zero-order valence-electron chi connectivity index (χ0n) is 7.26. The van der Waals surface area contributed by atoms with Gasteiger partial charge in [-0.2, -0.15) is 0 Å². The van der Waals surface area contributed by atoms with E-state index in [9.17, 15) is 4.79 Å². The molecule has 1 aromatic carbocycles. The first-order valence-corrected chi connectivity index (χ1v) is 4.16. The van der Waals surface area contributed by atoms with Crippen LogP contribution in [0, 0.1) is 0 Å². The average molecular weight is 178 g/mol. The van der Waals surface area contributed by atoms with Crippen molar-refractivity contribution in [2.75, 3.05) is 11.9 Å². The Morgan fingerprint density at radius 3 is 3.15 bits per heavy atom. The Morgan fingerprint density at radius 2 is 2.38 bits per heavy atom. The number of aromatic nitrogens is 1. The zero-order chi connectivity index (χ0) is 9.26. The summed E-state index contributed by atoms with van der Waals surface area (Å²) in [4.78, 5) is 13.4. The maximum absolute atomic E-state index is 10.8. The molecule has 0 unspecified atom stereocenters. The molecule has 68 valence electrons. The van der Waals surface area contributed by atoms with Crippen LogP contribution < -0.4 is 11.1 Å². The van der Waals surface area contributed by atoms with Crippen LogP contribution >= 0.6 is 0 Å². The predicted octanol–water partition coefficient (Wildman–Crippen LogP) is 1.55. The van der Waals surface area contributed by atoms with Crippen LogP contribution in [-0.2, 0) is 0 Å². The molecule has 0 aliphatic rings. The standard InChI is InChI=1S/C9H10N2O2/c1-2-10-6-3-4-8-7(5-6)11-9(12)13-8/h3-5,10H,2H2,1H3,(H,11,12). The van der Waals surface area contributed by atoms with Gasteiger partial charge in [0.05, 0.1) is 5.52 Å². The lowest BCUT2D eigenvalue weighted by molar-refractivity contribution is 0.555. The molecular weight excluding hydrogens is 168 g/mol. The minimum Gasteiger partial charge on any atom is -0.408 e. The van der Waals surface area contributed by atoms with Gasteiger partial charge in [-0.3, -0.25) is 4.98 Å². The van der Waals surface area contributed by atoms with Crippen LogP contribution in [0.25, 0.3) is 11.1 Å². The fourth-order valence-corrected chi connectivity index (χ4v) is 1.27. The molecule has 0 saturated carbocycles. The summed E-state index contributed by atoms with van der Waals surface area (Å²) in [5.41, 5.74) is 2.29. The van der Waals surface area contributed by atoms with Crippen molar-refractivity contribution in [3.8, 4) is 0 Å². The van der Waals surface area contributed by atoms with E-state index in [0.29, 0.717) is 5.58 Å². The third kappa shape index (κ3) is 1.42. The van der Waals surface area contributed by atoms with Crippen LogP contribution in [0.2, 0.25) is 0 Å². The molecule has 2 aromatic rings. The molecule has 0 saturated heterocycles. The molecule has 4 nitrogen and oxygen atoms in total. The van der Waals surface area contributed by atoms with E-state index in [1.54, 1.807) is 6.07 Å². The zero-order valence-corrected chi connectivity index (χ0v) is 7.26. The largest absolute Gasteiger partial charge is 0.417 e. The number of nitrogens with one attached hydrogen (secondary N) is 2. The number of rotatable bonds is 2. The maximum atomic E-state index is 10.8. The Morgan fingerprint density at radius 1 is 1.54 bits per heavy atom. The number of aromatic amines is 1. The normalized spacial score (nSPS) is 10.5. The number of oxazole rings is 1. The smallest absolute Gasteiger partial charge is 0.408 e. The van der Waals surface area contributed by atoms with Crippen molar-refractivity contribution in [3.05, 3.63) is 28.7 Å². The molecule has 4 heteroatoms. The first-order chi connectivity index (χ1) is 6.29. The van der Waals surface area contributed by atoms with E-state index in [1.165, 1.54) is 0 Å². The minimum absolute atomic E-state index is 0.413. The van der Waals surface area contributed by atoms with Gasteiger partial charge >= 0.3 is 5.76 Å². The fourth-order valence-electron chi connectivity index (χ4n) is 1.27. The molecule has 0 bridgehead atoms. The number of hydrogen-bond acceptors (Lipinski definition) is 3. The van der Waals surface area contributed by atoms with Crippen molar-refractivity contribution in [2.45, 2.75) is 6.92 Å². The lowest BCUT2D eigenvalue weighted by Gasteiger charge is -2.00. The molecule has 2 N–H and O–H groups in total. The molecule has 2 rings (SSSR count). The van der Waals surface area contributed by atoms with Crippen molar-refractivity contribution in [3.63, 3.8) is 0 Å². The Bertz CT molecular complexity index is 470. The van der Waals surface area contributed by atoms with E-state index in [0.717, 1.165) is 17.7 Å². The summed E-state index contributed by atoms with van der Waals surface area (Å²) in [6.45, 7) is 2.87. The number of benzene rings is 1. The molecule has 13 heavy (non-hydrogen) atoms. The van der Waals surface area contributed by atoms with Gasteiger partial charge in [-0.1, -0.05) is 0 Å². The molecule has 0 amide bonds. The quantitative estimate of drug-likeness (QED) is 0.733. The van der Waals surface area contributed by atoms with Crippen molar-refractivity contribution in [1.82, 2.24) is 4.98 Å². The van der Waals surface area contributed by atoms with Crippen LogP contribution in [0.1, 0.15) is 6.92 Å². The van der Waals surface area contributed by atoms with E-state index in [2.05, 4.69) is 10.3 Å². The maximum Gasteiger partial charge on any atom is 0.417 e.